The monoisotopic (exact) mass is 229 g/mol. The predicted molar refractivity (Wildman–Crippen MR) is 66.8 cm³/mol. The molecule has 16 heavy (non-hydrogen) atoms. The second-order valence-electron chi connectivity index (χ2n) is 5.49. The fourth-order valence-electron chi connectivity index (χ4n) is 1.91. The lowest BCUT2D eigenvalue weighted by molar-refractivity contribution is -0.00198. The van der Waals surface area contributed by atoms with Crippen LogP contribution in [0.3, 0.4) is 0 Å². The normalized spacial score (nSPS) is 18.2. The Bertz CT molecular complexity index is 171. The molecule has 0 radical (unpaired) electrons. The lowest BCUT2D eigenvalue weighted by Gasteiger charge is -2.19. The van der Waals surface area contributed by atoms with Gasteiger partial charge in [0.15, 0.2) is 0 Å². The van der Waals surface area contributed by atoms with E-state index < -0.39 is 0 Å². The molecule has 1 N–H and O–H groups in total. The molecule has 1 rings (SSSR count). The molecule has 1 aliphatic rings. The van der Waals surface area contributed by atoms with Gasteiger partial charge in [-0.2, -0.15) is 0 Å². The van der Waals surface area contributed by atoms with Crippen LogP contribution in [0.2, 0.25) is 0 Å². The first-order chi connectivity index (χ1) is 7.58. The van der Waals surface area contributed by atoms with E-state index >= 15 is 0 Å². The number of ether oxygens (including phenoxy) is 2. The van der Waals surface area contributed by atoms with Gasteiger partial charge < -0.3 is 14.8 Å². The molecule has 96 valence electrons. The summed E-state index contributed by atoms with van der Waals surface area (Å²) in [6.45, 7) is 9.69. The van der Waals surface area contributed by atoms with Crippen LogP contribution >= 0.6 is 0 Å². The van der Waals surface area contributed by atoms with Crippen LogP contribution in [-0.2, 0) is 9.47 Å². The van der Waals surface area contributed by atoms with Gasteiger partial charge in [-0.3, -0.25) is 0 Å². The van der Waals surface area contributed by atoms with E-state index in [-0.39, 0.29) is 5.60 Å². The molecule has 0 atom stereocenters. The molecule has 0 bridgehead atoms. The Balaban J connectivity index is 1.81. The van der Waals surface area contributed by atoms with Crippen molar-refractivity contribution in [2.45, 2.75) is 58.2 Å². The van der Waals surface area contributed by atoms with Gasteiger partial charge in [0.2, 0.25) is 0 Å². The van der Waals surface area contributed by atoms with Crippen LogP contribution in [0.25, 0.3) is 0 Å². The van der Waals surface area contributed by atoms with Gasteiger partial charge in [-0.15, -0.1) is 0 Å². The number of rotatable bonds is 7. The van der Waals surface area contributed by atoms with Crippen molar-refractivity contribution in [3.8, 4) is 0 Å². The molecule has 1 aliphatic carbocycles. The molecule has 1 fully saturated rings. The van der Waals surface area contributed by atoms with E-state index in [0.717, 1.165) is 26.3 Å². The summed E-state index contributed by atoms with van der Waals surface area (Å²) in [5.74, 6) is 0. The van der Waals surface area contributed by atoms with Gasteiger partial charge in [0.25, 0.3) is 0 Å². The summed E-state index contributed by atoms with van der Waals surface area (Å²) in [5, 5.41) is 3.33. The Hall–Kier alpha value is -0.120. The van der Waals surface area contributed by atoms with E-state index in [1.54, 1.807) is 0 Å². The Morgan fingerprint density at radius 2 is 1.69 bits per heavy atom. The van der Waals surface area contributed by atoms with Crippen LogP contribution in [0, 0.1) is 0 Å². The van der Waals surface area contributed by atoms with Crippen molar-refractivity contribution in [2.24, 2.45) is 0 Å². The highest BCUT2D eigenvalue weighted by Gasteiger charge is 2.14. The summed E-state index contributed by atoms with van der Waals surface area (Å²) in [6.07, 6.45) is 5.74. The third-order valence-electron chi connectivity index (χ3n) is 2.75. The standard InChI is InChI=1S/C13H27NO2/c1-13(2,3)16-11-9-14-8-10-15-12-6-4-5-7-12/h12,14H,4-11H2,1-3H3. The van der Waals surface area contributed by atoms with Gasteiger partial charge >= 0.3 is 0 Å². The van der Waals surface area contributed by atoms with Gasteiger partial charge in [-0.05, 0) is 33.6 Å². The summed E-state index contributed by atoms with van der Waals surface area (Å²) < 4.78 is 11.4. The lowest BCUT2D eigenvalue weighted by Crippen LogP contribution is -2.29. The van der Waals surface area contributed by atoms with E-state index in [1.807, 2.05) is 0 Å². The Morgan fingerprint density at radius 3 is 2.31 bits per heavy atom. The molecule has 1 saturated carbocycles. The third-order valence-corrected chi connectivity index (χ3v) is 2.75. The van der Waals surface area contributed by atoms with Gasteiger partial charge in [-0.1, -0.05) is 12.8 Å². The fourth-order valence-corrected chi connectivity index (χ4v) is 1.91. The van der Waals surface area contributed by atoms with E-state index in [4.69, 9.17) is 9.47 Å². The second kappa shape index (κ2) is 7.25. The maximum Gasteiger partial charge on any atom is 0.0599 e. The molecule has 0 aliphatic heterocycles. The molecule has 0 aromatic rings. The topological polar surface area (TPSA) is 30.5 Å². The summed E-state index contributed by atoms with van der Waals surface area (Å²) in [6, 6.07) is 0. The number of hydrogen-bond acceptors (Lipinski definition) is 3. The van der Waals surface area contributed by atoms with Crippen molar-refractivity contribution in [3.63, 3.8) is 0 Å². The smallest absolute Gasteiger partial charge is 0.0599 e. The quantitative estimate of drug-likeness (QED) is 0.680. The van der Waals surface area contributed by atoms with Gasteiger partial charge in [0.05, 0.1) is 24.9 Å². The van der Waals surface area contributed by atoms with E-state index in [0.29, 0.717) is 6.10 Å². The molecule has 0 unspecified atom stereocenters. The van der Waals surface area contributed by atoms with Crippen LogP contribution in [0.1, 0.15) is 46.5 Å². The maximum absolute atomic E-state index is 5.75. The van der Waals surface area contributed by atoms with Crippen molar-refractivity contribution >= 4 is 0 Å². The Kier molecular flexibility index (Phi) is 6.32. The molecular formula is C13H27NO2. The molecule has 0 spiro atoms. The third kappa shape index (κ3) is 7.20. The first-order valence-electron chi connectivity index (χ1n) is 6.54. The molecular weight excluding hydrogens is 202 g/mol. The van der Waals surface area contributed by atoms with E-state index in [2.05, 4.69) is 26.1 Å². The minimum atomic E-state index is -0.0258. The minimum Gasteiger partial charge on any atom is -0.377 e. The number of hydrogen-bond donors (Lipinski definition) is 1. The first-order valence-corrected chi connectivity index (χ1v) is 6.54. The number of nitrogens with one attached hydrogen (secondary N) is 1. The van der Waals surface area contributed by atoms with Crippen LogP contribution in [0.4, 0.5) is 0 Å². The summed E-state index contributed by atoms with van der Waals surface area (Å²) in [7, 11) is 0. The van der Waals surface area contributed by atoms with Crippen molar-refractivity contribution in [3.05, 3.63) is 0 Å². The molecule has 0 aromatic heterocycles. The predicted octanol–water partition coefficient (Wildman–Crippen LogP) is 2.35. The molecule has 0 aromatic carbocycles. The van der Waals surface area contributed by atoms with E-state index in [1.165, 1.54) is 25.7 Å². The van der Waals surface area contributed by atoms with E-state index in [9.17, 15) is 0 Å². The minimum absolute atomic E-state index is 0.0258. The van der Waals surface area contributed by atoms with Crippen LogP contribution in [-0.4, -0.2) is 38.0 Å². The zero-order valence-corrected chi connectivity index (χ0v) is 11.1. The average Bonchev–Trinajstić information content (AvgIpc) is 2.67. The summed E-state index contributed by atoms with van der Waals surface area (Å²) >= 11 is 0. The highest BCUT2D eigenvalue weighted by Crippen LogP contribution is 2.20. The van der Waals surface area contributed by atoms with Crippen molar-refractivity contribution in [1.29, 1.82) is 0 Å². The molecule has 3 nitrogen and oxygen atoms in total. The molecule has 0 heterocycles. The fraction of sp³-hybridized carbons (Fsp3) is 1.00. The Morgan fingerprint density at radius 1 is 1.06 bits per heavy atom. The Labute approximate surface area is 99.9 Å². The van der Waals surface area contributed by atoms with Gasteiger partial charge in [-0.25, -0.2) is 0 Å². The lowest BCUT2D eigenvalue weighted by atomic mass is 10.2. The average molecular weight is 229 g/mol. The second-order valence-corrected chi connectivity index (χ2v) is 5.49. The zero-order chi connectivity index (χ0) is 11.9. The van der Waals surface area contributed by atoms with Crippen molar-refractivity contribution < 1.29 is 9.47 Å². The van der Waals surface area contributed by atoms with Crippen LogP contribution in [0.15, 0.2) is 0 Å². The maximum atomic E-state index is 5.75. The zero-order valence-electron chi connectivity index (χ0n) is 11.1. The van der Waals surface area contributed by atoms with Gasteiger partial charge in [0, 0.05) is 13.1 Å². The molecule has 3 heteroatoms. The van der Waals surface area contributed by atoms with Crippen molar-refractivity contribution in [1.82, 2.24) is 5.32 Å². The summed E-state index contributed by atoms with van der Waals surface area (Å²) in [5.41, 5.74) is -0.0258. The van der Waals surface area contributed by atoms with Gasteiger partial charge in [0.1, 0.15) is 0 Å². The van der Waals surface area contributed by atoms with Crippen LogP contribution in [0.5, 0.6) is 0 Å². The molecule has 0 amide bonds. The summed E-state index contributed by atoms with van der Waals surface area (Å²) in [4.78, 5) is 0. The van der Waals surface area contributed by atoms with Crippen molar-refractivity contribution in [2.75, 3.05) is 26.3 Å². The highest BCUT2D eigenvalue weighted by atomic mass is 16.5. The first kappa shape index (κ1) is 13.9. The largest absolute Gasteiger partial charge is 0.377 e. The highest BCUT2D eigenvalue weighted by molar-refractivity contribution is 4.66. The molecule has 0 saturated heterocycles. The SMILES string of the molecule is CC(C)(C)OCCNCCOC1CCCC1. The van der Waals surface area contributed by atoms with Crippen LogP contribution < -0.4 is 5.32 Å².